The summed E-state index contributed by atoms with van der Waals surface area (Å²) < 4.78 is 13.9. The summed E-state index contributed by atoms with van der Waals surface area (Å²) in [6.07, 6.45) is 5.05. The van der Waals surface area contributed by atoms with E-state index in [1.54, 1.807) is 6.07 Å². The van der Waals surface area contributed by atoms with E-state index in [2.05, 4.69) is 17.2 Å². The number of nitrogens with one attached hydrogen (secondary N) is 1. The van der Waals surface area contributed by atoms with Crippen LogP contribution in [0.2, 0.25) is 0 Å². The third-order valence-corrected chi connectivity index (χ3v) is 3.45. The first-order chi connectivity index (χ1) is 10.2. The van der Waals surface area contributed by atoms with Crippen molar-refractivity contribution in [2.75, 3.05) is 13.2 Å². The van der Waals surface area contributed by atoms with Crippen molar-refractivity contribution in [1.29, 1.82) is 0 Å². The van der Waals surface area contributed by atoms with Crippen molar-refractivity contribution < 1.29 is 14.3 Å². The molecule has 1 aromatic rings. The maximum atomic E-state index is 13.9. The van der Waals surface area contributed by atoms with Gasteiger partial charge in [0.2, 0.25) is 0 Å². The average molecular weight is 289 g/mol. The van der Waals surface area contributed by atoms with E-state index in [4.69, 9.17) is 5.11 Å². The van der Waals surface area contributed by atoms with Gasteiger partial charge in [-0.1, -0.05) is 24.7 Å². The molecule has 2 rings (SSSR count). The fourth-order valence-electron chi connectivity index (χ4n) is 2.09. The quantitative estimate of drug-likeness (QED) is 0.624. The summed E-state index contributed by atoms with van der Waals surface area (Å²) in [5, 5.41) is 11.4. The highest BCUT2D eigenvalue weighted by atomic mass is 19.1. The van der Waals surface area contributed by atoms with Gasteiger partial charge in [0.15, 0.2) is 0 Å². The van der Waals surface area contributed by atoms with Gasteiger partial charge in [-0.05, 0) is 37.0 Å². The van der Waals surface area contributed by atoms with Gasteiger partial charge in [0, 0.05) is 18.5 Å². The summed E-state index contributed by atoms with van der Waals surface area (Å²) in [5.74, 6) is 5.36. The van der Waals surface area contributed by atoms with E-state index < -0.39 is 5.82 Å². The molecule has 1 amide bonds. The fourth-order valence-corrected chi connectivity index (χ4v) is 2.09. The maximum absolute atomic E-state index is 13.9. The zero-order valence-electron chi connectivity index (χ0n) is 12.0. The molecule has 1 fully saturated rings. The Morgan fingerprint density at radius 3 is 2.90 bits per heavy atom. The van der Waals surface area contributed by atoms with Crippen LogP contribution >= 0.6 is 0 Å². The number of amides is 1. The minimum absolute atomic E-state index is 0.0170. The zero-order valence-corrected chi connectivity index (χ0v) is 12.0. The number of hydrogen-bond acceptors (Lipinski definition) is 2. The third kappa shape index (κ3) is 5.20. The Hall–Kier alpha value is -1.86. The highest BCUT2D eigenvalue weighted by molar-refractivity contribution is 5.94. The van der Waals surface area contributed by atoms with E-state index >= 15 is 0 Å². The Balaban J connectivity index is 1.86. The second kappa shape index (κ2) is 7.80. The topological polar surface area (TPSA) is 49.3 Å². The van der Waals surface area contributed by atoms with Crippen LogP contribution < -0.4 is 5.32 Å². The standard InChI is InChI=1S/C17H20FNO2/c18-16-12-14(4-1-2-11-20)8-9-15(16)17(21)19-10-3-5-13-6-7-13/h8-9,12-13,20H,2-3,5-7,10-11H2,(H,19,21). The van der Waals surface area contributed by atoms with Crippen LogP contribution in [0.25, 0.3) is 0 Å². The molecular weight excluding hydrogens is 269 g/mol. The molecule has 0 spiro atoms. The van der Waals surface area contributed by atoms with Crippen LogP contribution in [0.15, 0.2) is 18.2 Å². The van der Waals surface area contributed by atoms with E-state index in [9.17, 15) is 9.18 Å². The van der Waals surface area contributed by atoms with E-state index in [1.165, 1.54) is 25.0 Å². The number of rotatable bonds is 6. The van der Waals surface area contributed by atoms with Crippen molar-refractivity contribution in [3.8, 4) is 11.8 Å². The Morgan fingerprint density at radius 2 is 2.24 bits per heavy atom. The highest BCUT2D eigenvalue weighted by Gasteiger charge is 2.20. The van der Waals surface area contributed by atoms with Gasteiger partial charge in [-0.25, -0.2) is 4.39 Å². The molecule has 21 heavy (non-hydrogen) atoms. The molecular formula is C17H20FNO2. The molecule has 3 nitrogen and oxygen atoms in total. The number of aliphatic hydroxyl groups excluding tert-OH is 1. The van der Waals surface area contributed by atoms with Gasteiger partial charge in [-0.15, -0.1) is 0 Å². The summed E-state index contributed by atoms with van der Waals surface area (Å²) in [6, 6.07) is 4.32. The Morgan fingerprint density at radius 1 is 1.43 bits per heavy atom. The fraction of sp³-hybridized carbons (Fsp3) is 0.471. The van der Waals surface area contributed by atoms with Crippen LogP contribution in [-0.2, 0) is 0 Å². The Bertz CT molecular complexity index is 556. The largest absolute Gasteiger partial charge is 0.395 e. The molecule has 0 aliphatic heterocycles. The second-order valence-corrected chi connectivity index (χ2v) is 5.31. The predicted molar refractivity (Wildman–Crippen MR) is 79.3 cm³/mol. The predicted octanol–water partition coefficient (Wildman–Crippen LogP) is 2.48. The summed E-state index contributed by atoms with van der Waals surface area (Å²) in [4.78, 5) is 11.9. The molecule has 0 aromatic heterocycles. The maximum Gasteiger partial charge on any atom is 0.254 e. The highest BCUT2D eigenvalue weighted by Crippen LogP contribution is 2.33. The molecule has 1 aliphatic rings. The third-order valence-electron chi connectivity index (χ3n) is 3.45. The average Bonchev–Trinajstić information content (AvgIpc) is 3.28. The number of aliphatic hydroxyl groups is 1. The Kier molecular flexibility index (Phi) is 5.77. The first-order valence-corrected chi connectivity index (χ1v) is 7.38. The zero-order chi connectivity index (χ0) is 15.1. The lowest BCUT2D eigenvalue weighted by Gasteiger charge is -2.06. The molecule has 0 saturated heterocycles. The van der Waals surface area contributed by atoms with Gasteiger partial charge in [-0.2, -0.15) is 0 Å². The summed E-state index contributed by atoms with van der Waals surface area (Å²) >= 11 is 0. The molecule has 0 bridgehead atoms. The normalized spacial score (nSPS) is 13.4. The molecule has 0 unspecified atom stereocenters. The van der Waals surface area contributed by atoms with Crippen LogP contribution in [-0.4, -0.2) is 24.2 Å². The molecule has 1 aromatic carbocycles. The van der Waals surface area contributed by atoms with Gasteiger partial charge >= 0.3 is 0 Å². The molecule has 2 N–H and O–H groups in total. The van der Waals surface area contributed by atoms with Gasteiger partial charge in [0.05, 0.1) is 12.2 Å². The lowest BCUT2D eigenvalue weighted by atomic mass is 10.1. The first kappa shape index (κ1) is 15.5. The SMILES string of the molecule is O=C(NCCCC1CC1)c1ccc(C#CCCO)cc1F. The summed E-state index contributed by atoms with van der Waals surface area (Å²) in [5.41, 5.74) is 0.556. The number of hydrogen-bond donors (Lipinski definition) is 2. The summed E-state index contributed by atoms with van der Waals surface area (Å²) in [6.45, 7) is 0.573. The number of halogens is 1. The number of carbonyl (C=O) groups is 1. The molecule has 0 radical (unpaired) electrons. The summed E-state index contributed by atoms with van der Waals surface area (Å²) in [7, 11) is 0. The van der Waals surface area contributed by atoms with Crippen LogP contribution in [0.3, 0.4) is 0 Å². The lowest BCUT2D eigenvalue weighted by Crippen LogP contribution is -2.25. The second-order valence-electron chi connectivity index (χ2n) is 5.31. The molecule has 1 aliphatic carbocycles. The molecule has 112 valence electrons. The lowest BCUT2D eigenvalue weighted by molar-refractivity contribution is 0.0949. The van der Waals surface area contributed by atoms with Gasteiger partial charge < -0.3 is 10.4 Å². The van der Waals surface area contributed by atoms with Crippen molar-refractivity contribution >= 4 is 5.91 Å². The monoisotopic (exact) mass is 289 g/mol. The number of benzene rings is 1. The number of carbonyl (C=O) groups excluding carboxylic acids is 1. The molecule has 4 heteroatoms. The molecule has 0 atom stereocenters. The Labute approximate surface area is 124 Å². The molecule has 1 saturated carbocycles. The van der Waals surface area contributed by atoms with Crippen molar-refractivity contribution in [1.82, 2.24) is 5.32 Å². The van der Waals surface area contributed by atoms with Gasteiger partial charge in [0.25, 0.3) is 5.91 Å². The van der Waals surface area contributed by atoms with Crippen molar-refractivity contribution in [2.45, 2.75) is 32.1 Å². The minimum atomic E-state index is -0.564. The van der Waals surface area contributed by atoms with E-state index in [-0.39, 0.29) is 18.1 Å². The van der Waals surface area contributed by atoms with Crippen molar-refractivity contribution in [2.24, 2.45) is 5.92 Å². The minimum Gasteiger partial charge on any atom is -0.395 e. The van der Waals surface area contributed by atoms with Crippen LogP contribution in [0.5, 0.6) is 0 Å². The van der Waals surface area contributed by atoms with Crippen LogP contribution in [0.4, 0.5) is 4.39 Å². The van der Waals surface area contributed by atoms with Crippen molar-refractivity contribution in [3.05, 3.63) is 35.1 Å². The van der Waals surface area contributed by atoms with E-state index in [1.807, 2.05) is 0 Å². The molecule has 0 heterocycles. The van der Waals surface area contributed by atoms with E-state index in [0.29, 0.717) is 18.5 Å². The smallest absolute Gasteiger partial charge is 0.254 e. The first-order valence-electron chi connectivity index (χ1n) is 7.38. The van der Waals surface area contributed by atoms with Crippen molar-refractivity contribution in [3.63, 3.8) is 0 Å². The van der Waals surface area contributed by atoms with Gasteiger partial charge in [0.1, 0.15) is 5.82 Å². The van der Waals surface area contributed by atoms with Crippen LogP contribution in [0.1, 0.15) is 48.0 Å². The van der Waals surface area contributed by atoms with E-state index in [0.717, 1.165) is 18.8 Å². The van der Waals surface area contributed by atoms with Gasteiger partial charge in [-0.3, -0.25) is 4.79 Å². The van der Waals surface area contributed by atoms with Crippen LogP contribution in [0, 0.1) is 23.6 Å².